The fraction of sp³-hybridized carbons (Fsp3) is 0.333. The van der Waals surface area contributed by atoms with Crippen molar-refractivity contribution in [1.82, 2.24) is 5.32 Å². The van der Waals surface area contributed by atoms with Crippen LogP contribution < -0.4 is 16.0 Å². The van der Waals surface area contributed by atoms with Gasteiger partial charge in [0.1, 0.15) is 0 Å². The van der Waals surface area contributed by atoms with Gasteiger partial charge in [0, 0.05) is 17.8 Å². The van der Waals surface area contributed by atoms with E-state index in [1.807, 2.05) is 13.8 Å². The van der Waals surface area contributed by atoms with Crippen molar-refractivity contribution >= 4 is 23.3 Å². The third kappa shape index (κ3) is 7.14. The first-order valence-corrected chi connectivity index (χ1v) is 9.29. The molecular formula is C21H24F3N3O2. The van der Waals surface area contributed by atoms with Crippen LogP contribution in [-0.2, 0) is 6.18 Å². The van der Waals surface area contributed by atoms with Crippen LogP contribution >= 0.6 is 0 Å². The van der Waals surface area contributed by atoms with Gasteiger partial charge in [-0.15, -0.1) is 0 Å². The van der Waals surface area contributed by atoms with E-state index < -0.39 is 23.7 Å². The molecule has 0 bridgehead atoms. The van der Waals surface area contributed by atoms with Crippen LogP contribution in [0.2, 0.25) is 0 Å². The number of hydrogen-bond donors (Lipinski definition) is 3. The number of halogens is 3. The van der Waals surface area contributed by atoms with Gasteiger partial charge in [0.2, 0.25) is 0 Å². The Morgan fingerprint density at radius 2 is 1.69 bits per heavy atom. The summed E-state index contributed by atoms with van der Waals surface area (Å²) in [7, 11) is 0. The van der Waals surface area contributed by atoms with Gasteiger partial charge >= 0.3 is 12.2 Å². The van der Waals surface area contributed by atoms with Crippen LogP contribution in [-0.4, -0.2) is 18.5 Å². The molecule has 0 saturated heterocycles. The van der Waals surface area contributed by atoms with Crippen molar-refractivity contribution in [3.63, 3.8) is 0 Å². The van der Waals surface area contributed by atoms with Gasteiger partial charge in [0.15, 0.2) is 0 Å². The largest absolute Gasteiger partial charge is 0.418 e. The Morgan fingerprint density at radius 3 is 2.31 bits per heavy atom. The lowest BCUT2D eigenvalue weighted by Gasteiger charge is -2.16. The average molecular weight is 407 g/mol. The zero-order valence-electron chi connectivity index (χ0n) is 16.3. The molecule has 0 atom stereocenters. The summed E-state index contributed by atoms with van der Waals surface area (Å²) in [6.07, 6.45) is -3.06. The minimum atomic E-state index is -4.70. The molecule has 0 radical (unpaired) electrons. The number of hydrogen-bond acceptors (Lipinski definition) is 2. The fourth-order valence-electron chi connectivity index (χ4n) is 2.64. The number of carbonyl (C=O) groups excluding carboxylic acids is 2. The number of carbonyl (C=O) groups is 2. The van der Waals surface area contributed by atoms with Gasteiger partial charge in [0.25, 0.3) is 5.91 Å². The molecule has 3 N–H and O–H groups in total. The summed E-state index contributed by atoms with van der Waals surface area (Å²) in [5, 5.41) is 7.22. The molecule has 0 unspecified atom stereocenters. The van der Waals surface area contributed by atoms with E-state index in [2.05, 4.69) is 16.0 Å². The molecule has 0 aliphatic carbocycles. The van der Waals surface area contributed by atoms with E-state index in [0.29, 0.717) is 18.0 Å². The van der Waals surface area contributed by atoms with E-state index in [1.165, 1.54) is 6.07 Å². The monoisotopic (exact) mass is 407 g/mol. The van der Waals surface area contributed by atoms with Crippen molar-refractivity contribution in [3.05, 3.63) is 59.7 Å². The topological polar surface area (TPSA) is 70.2 Å². The van der Waals surface area contributed by atoms with Crippen LogP contribution in [0, 0.1) is 5.92 Å². The minimum Gasteiger partial charge on any atom is -0.338 e. The lowest BCUT2D eigenvalue weighted by Crippen LogP contribution is -2.30. The molecule has 0 aromatic heterocycles. The lowest BCUT2D eigenvalue weighted by atomic mass is 10.1. The van der Waals surface area contributed by atoms with Crippen molar-refractivity contribution in [2.24, 2.45) is 5.92 Å². The van der Waals surface area contributed by atoms with Crippen LogP contribution in [0.4, 0.5) is 29.3 Å². The fourth-order valence-corrected chi connectivity index (χ4v) is 2.64. The first-order valence-electron chi connectivity index (χ1n) is 9.29. The molecule has 156 valence electrons. The SMILES string of the molecule is CC(C)CCCNC(=O)Nc1ccc(NC(=O)c2ccccc2)cc1C(F)(F)F. The second kappa shape index (κ2) is 9.95. The van der Waals surface area contributed by atoms with Crippen LogP contribution in [0.3, 0.4) is 0 Å². The highest BCUT2D eigenvalue weighted by molar-refractivity contribution is 6.04. The predicted molar refractivity (Wildman–Crippen MR) is 107 cm³/mol. The Bertz CT molecular complexity index is 837. The summed E-state index contributed by atoms with van der Waals surface area (Å²) in [6.45, 7) is 4.47. The minimum absolute atomic E-state index is 0.0194. The molecular weight excluding hydrogens is 383 g/mol. The van der Waals surface area contributed by atoms with Crippen molar-refractivity contribution in [2.75, 3.05) is 17.2 Å². The van der Waals surface area contributed by atoms with E-state index >= 15 is 0 Å². The van der Waals surface area contributed by atoms with Gasteiger partial charge in [0.05, 0.1) is 11.3 Å². The number of rotatable bonds is 7. The van der Waals surface area contributed by atoms with E-state index in [-0.39, 0.29) is 11.4 Å². The van der Waals surface area contributed by atoms with Crippen molar-refractivity contribution in [2.45, 2.75) is 32.9 Å². The van der Waals surface area contributed by atoms with Crippen LogP contribution in [0.5, 0.6) is 0 Å². The molecule has 0 aliphatic rings. The number of urea groups is 1. The number of benzene rings is 2. The highest BCUT2D eigenvalue weighted by Crippen LogP contribution is 2.36. The molecule has 3 amide bonds. The average Bonchev–Trinajstić information content (AvgIpc) is 2.66. The van der Waals surface area contributed by atoms with Crippen LogP contribution in [0.15, 0.2) is 48.5 Å². The van der Waals surface area contributed by atoms with Gasteiger partial charge < -0.3 is 16.0 Å². The van der Waals surface area contributed by atoms with E-state index in [1.54, 1.807) is 30.3 Å². The number of anilines is 2. The number of nitrogens with one attached hydrogen (secondary N) is 3. The van der Waals surface area contributed by atoms with Gasteiger partial charge in [-0.3, -0.25) is 4.79 Å². The Kier molecular flexibility index (Phi) is 7.64. The maximum Gasteiger partial charge on any atom is 0.418 e. The van der Waals surface area contributed by atoms with E-state index in [4.69, 9.17) is 0 Å². The van der Waals surface area contributed by atoms with Gasteiger partial charge in [-0.1, -0.05) is 32.0 Å². The van der Waals surface area contributed by atoms with Crippen molar-refractivity contribution in [3.8, 4) is 0 Å². The highest BCUT2D eigenvalue weighted by Gasteiger charge is 2.34. The molecule has 29 heavy (non-hydrogen) atoms. The molecule has 0 saturated carbocycles. The molecule has 0 heterocycles. The maximum absolute atomic E-state index is 13.5. The van der Waals surface area contributed by atoms with Gasteiger partial charge in [-0.05, 0) is 49.1 Å². The molecule has 8 heteroatoms. The van der Waals surface area contributed by atoms with E-state index in [0.717, 1.165) is 25.0 Å². The van der Waals surface area contributed by atoms with Crippen molar-refractivity contribution in [1.29, 1.82) is 0 Å². The number of alkyl halides is 3. The Hall–Kier alpha value is -3.03. The van der Waals surface area contributed by atoms with E-state index in [9.17, 15) is 22.8 Å². The second-order valence-corrected chi connectivity index (χ2v) is 7.00. The standard InChI is InChI=1S/C21H24F3N3O2/c1-14(2)7-6-12-25-20(29)27-18-11-10-16(13-17(18)21(22,23)24)26-19(28)15-8-4-3-5-9-15/h3-5,8-11,13-14H,6-7,12H2,1-2H3,(H,26,28)(H2,25,27,29). The van der Waals surface area contributed by atoms with Gasteiger partial charge in [-0.25, -0.2) is 4.79 Å². The molecule has 2 aromatic carbocycles. The smallest absolute Gasteiger partial charge is 0.338 e. The molecule has 2 aromatic rings. The first kappa shape index (κ1) is 22.3. The molecule has 0 spiro atoms. The maximum atomic E-state index is 13.5. The molecule has 0 aliphatic heterocycles. The summed E-state index contributed by atoms with van der Waals surface area (Å²) < 4.78 is 40.4. The lowest BCUT2D eigenvalue weighted by molar-refractivity contribution is -0.136. The molecule has 5 nitrogen and oxygen atoms in total. The Labute approximate surface area is 167 Å². The highest BCUT2D eigenvalue weighted by atomic mass is 19.4. The Morgan fingerprint density at radius 1 is 1.00 bits per heavy atom. The van der Waals surface area contributed by atoms with Crippen LogP contribution in [0.25, 0.3) is 0 Å². The summed E-state index contributed by atoms with van der Waals surface area (Å²) in [5.41, 5.74) is -1.12. The summed E-state index contributed by atoms with van der Waals surface area (Å²) in [6, 6.07) is 10.7. The van der Waals surface area contributed by atoms with Gasteiger partial charge in [-0.2, -0.15) is 13.2 Å². The summed E-state index contributed by atoms with van der Waals surface area (Å²) in [4.78, 5) is 24.1. The third-order valence-electron chi connectivity index (χ3n) is 4.11. The zero-order chi connectivity index (χ0) is 21.4. The number of amides is 3. The quantitative estimate of drug-likeness (QED) is 0.529. The van der Waals surface area contributed by atoms with Crippen molar-refractivity contribution < 1.29 is 22.8 Å². The summed E-state index contributed by atoms with van der Waals surface area (Å²) >= 11 is 0. The first-order chi connectivity index (χ1) is 13.7. The normalized spacial score (nSPS) is 11.2. The predicted octanol–water partition coefficient (Wildman–Crippen LogP) is 5.52. The summed E-state index contributed by atoms with van der Waals surface area (Å²) in [5.74, 6) is -0.0438. The second-order valence-electron chi connectivity index (χ2n) is 7.00. The molecule has 2 rings (SSSR count). The zero-order valence-corrected chi connectivity index (χ0v) is 16.3. The Balaban J connectivity index is 2.09. The molecule has 0 fully saturated rings. The third-order valence-corrected chi connectivity index (χ3v) is 4.11. The van der Waals surface area contributed by atoms with Crippen LogP contribution in [0.1, 0.15) is 42.6 Å².